The number of amides is 1. The number of hydrogen-bond donors (Lipinski definition) is 2. The quantitative estimate of drug-likeness (QED) is 0.527. The van der Waals surface area contributed by atoms with E-state index in [-0.39, 0.29) is 5.75 Å². The topological polar surface area (TPSA) is 119 Å². The lowest BCUT2D eigenvalue weighted by atomic mass is 10.1. The standard InChI is InChI=1S/C14H17FN2O6/c1-2-3-4-11(14(19)20)16-13(18)8-23-9-5-6-12(17(21)22)10(15)7-9/h5-7,11H,2-4,8H2,1H3,(H,16,18)(H,19,20)/t11-/m0/s1. The maximum absolute atomic E-state index is 13.4. The highest BCUT2D eigenvalue weighted by molar-refractivity contribution is 5.84. The molecule has 9 heteroatoms. The van der Waals surface area contributed by atoms with E-state index >= 15 is 0 Å². The van der Waals surface area contributed by atoms with Gasteiger partial charge in [-0.2, -0.15) is 4.39 Å². The van der Waals surface area contributed by atoms with E-state index in [1.165, 1.54) is 0 Å². The number of carbonyl (C=O) groups is 2. The fraction of sp³-hybridized carbons (Fsp3) is 0.429. The molecular weight excluding hydrogens is 311 g/mol. The molecule has 0 aromatic heterocycles. The Bertz CT molecular complexity index is 593. The molecule has 0 radical (unpaired) electrons. The van der Waals surface area contributed by atoms with Crippen LogP contribution in [-0.4, -0.2) is 34.6 Å². The summed E-state index contributed by atoms with van der Waals surface area (Å²) in [5, 5.41) is 21.8. The third-order valence-corrected chi connectivity index (χ3v) is 2.97. The van der Waals surface area contributed by atoms with Crippen molar-refractivity contribution >= 4 is 17.6 Å². The number of carboxylic acids is 1. The van der Waals surface area contributed by atoms with Gasteiger partial charge in [-0.25, -0.2) is 4.79 Å². The van der Waals surface area contributed by atoms with Crippen LogP contribution < -0.4 is 10.1 Å². The maximum Gasteiger partial charge on any atom is 0.326 e. The van der Waals surface area contributed by atoms with Crippen molar-refractivity contribution in [2.45, 2.75) is 32.2 Å². The van der Waals surface area contributed by atoms with Gasteiger partial charge >= 0.3 is 11.7 Å². The van der Waals surface area contributed by atoms with Gasteiger partial charge in [-0.05, 0) is 12.5 Å². The molecule has 126 valence electrons. The second-order valence-corrected chi connectivity index (χ2v) is 4.76. The molecule has 0 aliphatic carbocycles. The number of rotatable bonds is 9. The van der Waals surface area contributed by atoms with Crippen LogP contribution in [0.2, 0.25) is 0 Å². The van der Waals surface area contributed by atoms with Crippen molar-refractivity contribution in [1.29, 1.82) is 0 Å². The molecule has 0 aliphatic rings. The highest BCUT2D eigenvalue weighted by Gasteiger charge is 2.20. The molecule has 23 heavy (non-hydrogen) atoms. The third-order valence-electron chi connectivity index (χ3n) is 2.97. The minimum absolute atomic E-state index is 0.0660. The number of nitro groups is 1. The van der Waals surface area contributed by atoms with Crippen molar-refractivity contribution < 1.29 is 28.7 Å². The lowest BCUT2D eigenvalue weighted by molar-refractivity contribution is -0.387. The van der Waals surface area contributed by atoms with E-state index in [2.05, 4.69) is 5.32 Å². The Labute approximate surface area is 131 Å². The number of nitrogens with one attached hydrogen (secondary N) is 1. The molecule has 1 amide bonds. The summed E-state index contributed by atoms with van der Waals surface area (Å²) in [6.07, 6.45) is 1.73. The number of unbranched alkanes of at least 4 members (excludes halogenated alkanes) is 1. The zero-order valence-electron chi connectivity index (χ0n) is 12.5. The van der Waals surface area contributed by atoms with Crippen LogP contribution in [0.3, 0.4) is 0 Å². The summed E-state index contributed by atoms with van der Waals surface area (Å²) < 4.78 is 18.4. The van der Waals surface area contributed by atoms with Gasteiger partial charge in [0.1, 0.15) is 11.8 Å². The van der Waals surface area contributed by atoms with Gasteiger partial charge in [0.15, 0.2) is 6.61 Å². The molecule has 0 saturated heterocycles. The van der Waals surface area contributed by atoms with Crippen LogP contribution in [0.15, 0.2) is 18.2 Å². The molecule has 1 aromatic carbocycles. The highest BCUT2D eigenvalue weighted by atomic mass is 19.1. The normalized spacial score (nSPS) is 11.6. The van der Waals surface area contributed by atoms with Gasteiger partial charge in [0, 0.05) is 12.1 Å². The second kappa shape index (κ2) is 8.66. The number of nitro benzene ring substituents is 1. The number of nitrogens with zero attached hydrogens (tertiary/aromatic N) is 1. The molecular formula is C14H17FN2O6. The van der Waals surface area contributed by atoms with Crippen LogP contribution in [0.25, 0.3) is 0 Å². The molecule has 0 fully saturated rings. The van der Waals surface area contributed by atoms with Crippen LogP contribution in [0.1, 0.15) is 26.2 Å². The monoisotopic (exact) mass is 328 g/mol. The summed E-state index contributed by atoms with van der Waals surface area (Å²) in [6.45, 7) is 1.38. The average Bonchev–Trinajstić information content (AvgIpc) is 2.48. The Morgan fingerprint density at radius 2 is 2.17 bits per heavy atom. The van der Waals surface area contributed by atoms with Crippen molar-refractivity contribution in [1.82, 2.24) is 5.32 Å². The first-order valence-corrected chi connectivity index (χ1v) is 6.94. The molecule has 0 heterocycles. The predicted molar refractivity (Wildman–Crippen MR) is 77.6 cm³/mol. The number of carbonyl (C=O) groups excluding carboxylic acids is 1. The minimum atomic E-state index is -1.15. The van der Waals surface area contributed by atoms with Crippen LogP contribution in [0, 0.1) is 15.9 Å². The van der Waals surface area contributed by atoms with Crippen molar-refractivity contribution in [2.24, 2.45) is 0 Å². The predicted octanol–water partition coefficient (Wildman–Crippen LogP) is 1.87. The summed E-state index contributed by atoms with van der Waals surface area (Å²) in [7, 11) is 0. The lowest BCUT2D eigenvalue weighted by Gasteiger charge is -2.14. The van der Waals surface area contributed by atoms with Crippen LogP contribution in [0.5, 0.6) is 5.75 Å². The summed E-state index contributed by atoms with van der Waals surface area (Å²) >= 11 is 0. The first-order chi connectivity index (χ1) is 10.8. The Balaban J connectivity index is 2.56. The van der Waals surface area contributed by atoms with Gasteiger partial charge in [-0.3, -0.25) is 14.9 Å². The van der Waals surface area contributed by atoms with Gasteiger partial charge in [0.05, 0.1) is 4.92 Å². The Morgan fingerprint density at radius 1 is 1.48 bits per heavy atom. The van der Waals surface area contributed by atoms with Gasteiger partial charge < -0.3 is 15.2 Å². The zero-order chi connectivity index (χ0) is 17.4. The van der Waals surface area contributed by atoms with Crippen molar-refractivity contribution in [3.8, 4) is 5.75 Å². The van der Waals surface area contributed by atoms with Crippen molar-refractivity contribution in [2.75, 3.05) is 6.61 Å². The summed E-state index contributed by atoms with van der Waals surface area (Å²) in [5.41, 5.74) is -0.702. The highest BCUT2D eigenvalue weighted by Crippen LogP contribution is 2.22. The fourth-order valence-corrected chi connectivity index (χ4v) is 1.78. The van der Waals surface area contributed by atoms with Crippen LogP contribution in [-0.2, 0) is 9.59 Å². The molecule has 2 N–H and O–H groups in total. The number of carboxylic acid groups (broad SMARTS) is 1. The molecule has 1 atom stereocenters. The minimum Gasteiger partial charge on any atom is -0.484 e. The third kappa shape index (κ3) is 5.89. The number of ether oxygens (including phenoxy) is 1. The number of halogens is 1. The molecule has 0 aliphatic heterocycles. The molecule has 0 bridgehead atoms. The molecule has 0 spiro atoms. The Kier molecular flexibility index (Phi) is 6.91. The summed E-state index contributed by atoms with van der Waals surface area (Å²) in [6, 6.07) is 1.85. The van der Waals surface area contributed by atoms with Crippen molar-refractivity contribution in [3.63, 3.8) is 0 Å². The molecule has 0 unspecified atom stereocenters. The van der Waals surface area contributed by atoms with Gasteiger partial charge in [-0.1, -0.05) is 19.8 Å². The molecule has 1 aromatic rings. The smallest absolute Gasteiger partial charge is 0.326 e. The summed E-state index contributed by atoms with van der Waals surface area (Å²) in [4.78, 5) is 32.2. The van der Waals surface area contributed by atoms with E-state index < -0.39 is 41.0 Å². The molecule has 8 nitrogen and oxygen atoms in total. The summed E-state index contributed by atoms with van der Waals surface area (Å²) in [5.74, 6) is -2.97. The van der Waals surface area contributed by atoms with E-state index in [1.807, 2.05) is 6.92 Å². The number of aliphatic carboxylic acids is 1. The average molecular weight is 328 g/mol. The largest absolute Gasteiger partial charge is 0.484 e. The van der Waals surface area contributed by atoms with E-state index in [1.54, 1.807) is 0 Å². The van der Waals surface area contributed by atoms with E-state index in [0.717, 1.165) is 24.6 Å². The lowest BCUT2D eigenvalue weighted by Crippen LogP contribution is -2.42. The Morgan fingerprint density at radius 3 is 2.70 bits per heavy atom. The zero-order valence-corrected chi connectivity index (χ0v) is 12.5. The van der Waals surface area contributed by atoms with Crippen LogP contribution in [0.4, 0.5) is 10.1 Å². The molecule has 1 rings (SSSR count). The first kappa shape index (κ1) is 18.3. The second-order valence-electron chi connectivity index (χ2n) is 4.76. The SMILES string of the molecule is CCCC[C@H](NC(=O)COc1ccc([N+](=O)[O-])c(F)c1)C(=O)O. The van der Waals surface area contributed by atoms with E-state index in [9.17, 15) is 24.1 Å². The Hall–Kier alpha value is -2.71. The van der Waals surface area contributed by atoms with Crippen molar-refractivity contribution in [3.05, 3.63) is 34.1 Å². The van der Waals surface area contributed by atoms with E-state index in [0.29, 0.717) is 12.8 Å². The molecule has 0 saturated carbocycles. The number of hydrogen-bond acceptors (Lipinski definition) is 5. The first-order valence-electron chi connectivity index (χ1n) is 6.94. The number of benzene rings is 1. The van der Waals surface area contributed by atoms with E-state index in [4.69, 9.17) is 9.84 Å². The van der Waals surface area contributed by atoms with Crippen LogP contribution >= 0.6 is 0 Å². The van der Waals surface area contributed by atoms with Gasteiger partial charge in [0.2, 0.25) is 5.82 Å². The maximum atomic E-state index is 13.4. The fourth-order valence-electron chi connectivity index (χ4n) is 1.78. The van der Waals surface area contributed by atoms with Gasteiger partial charge in [0.25, 0.3) is 5.91 Å². The van der Waals surface area contributed by atoms with Gasteiger partial charge in [-0.15, -0.1) is 0 Å².